The molecule has 6 nitrogen and oxygen atoms in total. The van der Waals surface area contributed by atoms with E-state index in [1.54, 1.807) is 11.8 Å². The quantitative estimate of drug-likeness (QED) is 0.351. The lowest BCUT2D eigenvalue weighted by atomic mass is 10.2. The Bertz CT molecular complexity index is 1220. The van der Waals surface area contributed by atoms with Crippen LogP contribution < -0.4 is 14.4 Å². The van der Waals surface area contributed by atoms with Gasteiger partial charge in [0.15, 0.2) is 0 Å². The van der Waals surface area contributed by atoms with E-state index in [9.17, 15) is 17.6 Å². The molecule has 0 radical (unpaired) electrons. The Balaban J connectivity index is 1.60. The largest absolute Gasteiger partial charge is 0.497 e. The number of nitrogens with zero attached hydrogens (tertiary/aromatic N) is 1. The lowest BCUT2D eigenvalue weighted by molar-refractivity contribution is -0.119. The Hall–Kier alpha value is -3.04. The van der Waals surface area contributed by atoms with Crippen LogP contribution in [0.15, 0.2) is 77.7 Å². The summed E-state index contributed by atoms with van der Waals surface area (Å²) in [6.07, 6.45) is 0.729. The molecule has 3 aromatic carbocycles. The van der Waals surface area contributed by atoms with Crippen LogP contribution in [0.4, 0.5) is 10.1 Å². The molecule has 0 fully saturated rings. The first-order chi connectivity index (χ1) is 16.8. The van der Waals surface area contributed by atoms with Crippen molar-refractivity contribution in [3.8, 4) is 5.75 Å². The van der Waals surface area contributed by atoms with Crippen LogP contribution in [0.25, 0.3) is 0 Å². The molecule has 186 valence electrons. The Morgan fingerprint density at radius 1 is 1.03 bits per heavy atom. The van der Waals surface area contributed by atoms with E-state index >= 15 is 0 Å². The lowest BCUT2D eigenvalue weighted by Gasteiger charge is -2.24. The summed E-state index contributed by atoms with van der Waals surface area (Å²) in [5, 5.41) is 2.75. The second-order valence-electron chi connectivity index (χ2n) is 7.88. The van der Waals surface area contributed by atoms with E-state index in [0.29, 0.717) is 12.3 Å². The van der Waals surface area contributed by atoms with E-state index in [-0.39, 0.29) is 10.6 Å². The molecule has 0 unspecified atom stereocenters. The van der Waals surface area contributed by atoms with E-state index < -0.39 is 28.3 Å². The van der Waals surface area contributed by atoms with Gasteiger partial charge in [0.1, 0.15) is 18.1 Å². The molecule has 0 aliphatic carbocycles. The third kappa shape index (κ3) is 7.47. The molecule has 0 aliphatic heterocycles. The Morgan fingerprint density at radius 3 is 2.37 bits per heavy atom. The number of sulfonamides is 1. The number of halogens is 1. The van der Waals surface area contributed by atoms with Gasteiger partial charge >= 0.3 is 0 Å². The van der Waals surface area contributed by atoms with Gasteiger partial charge in [-0.25, -0.2) is 12.8 Å². The standard InChI is InChI=1S/C26H29FN2O4S2/c1-20-8-10-21(11-9-20)19-34-17-5-16-28-26(30)18-29(25-7-4-3-6-24(25)27)35(31,32)23-14-12-22(33-2)13-15-23/h3-4,6-15H,5,16-19H2,1-2H3,(H,28,30). The minimum atomic E-state index is -4.20. The summed E-state index contributed by atoms with van der Waals surface area (Å²) in [7, 11) is -2.72. The summed E-state index contributed by atoms with van der Waals surface area (Å²) in [5.74, 6) is 0.975. The van der Waals surface area contributed by atoms with Crippen molar-refractivity contribution in [2.24, 2.45) is 0 Å². The molecule has 0 aliphatic rings. The predicted molar refractivity (Wildman–Crippen MR) is 139 cm³/mol. The van der Waals surface area contributed by atoms with Crippen molar-refractivity contribution in [1.82, 2.24) is 5.32 Å². The highest BCUT2D eigenvalue weighted by molar-refractivity contribution is 7.98. The third-order valence-corrected chi connectivity index (χ3v) is 8.12. The van der Waals surface area contributed by atoms with Crippen LogP contribution in [0, 0.1) is 12.7 Å². The van der Waals surface area contributed by atoms with Gasteiger partial charge in [0.2, 0.25) is 5.91 Å². The van der Waals surface area contributed by atoms with Crippen molar-refractivity contribution < 1.29 is 22.3 Å². The summed E-state index contributed by atoms with van der Waals surface area (Å²) >= 11 is 1.76. The zero-order chi connectivity index (χ0) is 25.3. The number of rotatable bonds is 12. The first kappa shape index (κ1) is 26.6. The zero-order valence-corrected chi connectivity index (χ0v) is 21.4. The lowest BCUT2D eigenvalue weighted by Crippen LogP contribution is -2.41. The molecular formula is C26H29FN2O4S2. The van der Waals surface area contributed by atoms with Gasteiger partial charge in [-0.1, -0.05) is 42.0 Å². The van der Waals surface area contributed by atoms with Gasteiger partial charge in [-0.2, -0.15) is 11.8 Å². The molecule has 0 saturated heterocycles. The fraction of sp³-hybridized carbons (Fsp3) is 0.269. The summed E-state index contributed by atoms with van der Waals surface area (Å²) in [4.78, 5) is 12.6. The summed E-state index contributed by atoms with van der Waals surface area (Å²) in [5.41, 5.74) is 2.28. The fourth-order valence-electron chi connectivity index (χ4n) is 3.29. The smallest absolute Gasteiger partial charge is 0.264 e. The van der Waals surface area contributed by atoms with Crippen LogP contribution in [0.3, 0.4) is 0 Å². The molecule has 0 bridgehead atoms. The number of anilines is 1. The molecule has 1 amide bonds. The molecular weight excluding hydrogens is 487 g/mol. The SMILES string of the molecule is COc1ccc(S(=O)(=O)N(CC(=O)NCCCSCc2ccc(C)cc2)c2ccccc2F)cc1. The highest BCUT2D eigenvalue weighted by Crippen LogP contribution is 2.27. The third-order valence-electron chi connectivity index (χ3n) is 5.23. The normalized spacial score (nSPS) is 11.2. The first-order valence-corrected chi connectivity index (χ1v) is 13.7. The maximum absolute atomic E-state index is 14.5. The average Bonchev–Trinajstić information content (AvgIpc) is 2.86. The molecule has 0 atom stereocenters. The van der Waals surface area contributed by atoms with Crippen LogP contribution in [0.5, 0.6) is 5.75 Å². The summed E-state index contributed by atoms with van der Waals surface area (Å²) in [6, 6.07) is 19.6. The highest BCUT2D eigenvalue weighted by Gasteiger charge is 2.29. The predicted octanol–water partition coefficient (Wildman–Crippen LogP) is 4.78. The van der Waals surface area contributed by atoms with Crippen molar-refractivity contribution in [3.05, 3.63) is 89.7 Å². The first-order valence-electron chi connectivity index (χ1n) is 11.1. The minimum absolute atomic E-state index is 0.0677. The summed E-state index contributed by atoms with van der Waals surface area (Å²) < 4.78 is 47.1. The van der Waals surface area contributed by atoms with Crippen molar-refractivity contribution in [3.63, 3.8) is 0 Å². The van der Waals surface area contributed by atoms with E-state index in [1.165, 1.54) is 60.7 Å². The van der Waals surface area contributed by atoms with Crippen molar-refractivity contribution in [2.45, 2.75) is 24.0 Å². The molecule has 1 N–H and O–H groups in total. The molecule has 0 spiro atoms. The second-order valence-corrected chi connectivity index (χ2v) is 10.8. The molecule has 35 heavy (non-hydrogen) atoms. The van der Waals surface area contributed by atoms with Crippen molar-refractivity contribution in [2.75, 3.05) is 30.3 Å². The number of methoxy groups -OCH3 is 1. The van der Waals surface area contributed by atoms with Gasteiger partial charge in [-0.05, 0) is 61.1 Å². The molecule has 9 heteroatoms. The summed E-state index contributed by atoms with van der Waals surface area (Å²) in [6.45, 7) is 1.91. The monoisotopic (exact) mass is 516 g/mol. The number of thioether (sulfide) groups is 1. The van der Waals surface area contributed by atoms with Crippen molar-refractivity contribution in [1.29, 1.82) is 0 Å². The number of aryl methyl sites for hydroxylation is 1. The van der Waals surface area contributed by atoms with Crippen LogP contribution in [-0.2, 0) is 20.6 Å². The maximum atomic E-state index is 14.5. The van der Waals surface area contributed by atoms with Crippen LogP contribution in [0.1, 0.15) is 17.5 Å². The number of para-hydroxylation sites is 1. The van der Waals surface area contributed by atoms with E-state index in [4.69, 9.17) is 4.74 Å². The molecule has 3 aromatic rings. The molecule has 0 aromatic heterocycles. The Kier molecular flexibility index (Phi) is 9.56. The number of benzene rings is 3. The molecule has 3 rings (SSSR count). The average molecular weight is 517 g/mol. The van der Waals surface area contributed by atoms with Crippen LogP contribution in [0.2, 0.25) is 0 Å². The number of ether oxygens (including phenoxy) is 1. The van der Waals surface area contributed by atoms with Gasteiger partial charge in [0, 0.05) is 12.3 Å². The number of amides is 1. The zero-order valence-electron chi connectivity index (χ0n) is 19.7. The second kappa shape index (κ2) is 12.6. The molecule has 0 heterocycles. The number of hydrogen-bond acceptors (Lipinski definition) is 5. The highest BCUT2D eigenvalue weighted by atomic mass is 32.2. The van der Waals surface area contributed by atoms with E-state index in [0.717, 1.165) is 28.3 Å². The Morgan fingerprint density at radius 2 is 1.71 bits per heavy atom. The number of nitrogens with one attached hydrogen (secondary N) is 1. The molecule has 0 saturated carbocycles. The maximum Gasteiger partial charge on any atom is 0.264 e. The Labute approximate surface area is 210 Å². The van der Waals surface area contributed by atoms with Gasteiger partial charge in [0.05, 0.1) is 17.7 Å². The van der Waals surface area contributed by atoms with E-state index in [1.807, 2.05) is 0 Å². The minimum Gasteiger partial charge on any atom is -0.497 e. The number of carbonyl (C=O) groups excluding carboxylic acids is 1. The number of carbonyl (C=O) groups is 1. The topological polar surface area (TPSA) is 75.7 Å². The van der Waals surface area contributed by atoms with Crippen LogP contribution in [-0.4, -0.2) is 40.3 Å². The van der Waals surface area contributed by atoms with Gasteiger partial charge < -0.3 is 10.1 Å². The van der Waals surface area contributed by atoms with Gasteiger partial charge in [-0.3, -0.25) is 9.10 Å². The van der Waals surface area contributed by atoms with Crippen LogP contribution >= 0.6 is 11.8 Å². The van der Waals surface area contributed by atoms with Crippen molar-refractivity contribution >= 4 is 33.4 Å². The van der Waals surface area contributed by atoms with Gasteiger partial charge in [-0.15, -0.1) is 0 Å². The van der Waals surface area contributed by atoms with E-state index in [2.05, 4.69) is 36.5 Å². The fourth-order valence-corrected chi connectivity index (χ4v) is 5.64. The van der Waals surface area contributed by atoms with Gasteiger partial charge in [0.25, 0.3) is 10.0 Å². The number of hydrogen-bond donors (Lipinski definition) is 1.